The van der Waals surface area contributed by atoms with E-state index in [4.69, 9.17) is 16.2 Å². The van der Waals surface area contributed by atoms with Gasteiger partial charge in [0.1, 0.15) is 0 Å². The molecule has 0 aliphatic rings. The van der Waals surface area contributed by atoms with Crippen LogP contribution in [0.3, 0.4) is 0 Å². The zero-order valence-electron chi connectivity index (χ0n) is 21.5. The third-order valence-corrected chi connectivity index (χ3v) is 15.0. The summed E-state index contributed by atoms with van der Waals surface area (Å²) in [5, 5.41) is 3.72. The molecule has 0 bridgehead atoms. The minimum absolute atomic E-state index is 0.199. The Labute approximate surface area is 236 Å². The Morgan fingerprint density at radius 2 is 1.02 bits per heavy atom. The van der Waals surface area contributed by atoms with Crippen LogP contribution in [-0.4, -0.2) is 14.0 Å². The summed E-state index contributed by atoms with van der Waals surface area (Å²) < 4.78 is 3.42. The summed E-state index contributed by atoms with van der Waals surface area (Å²) >= 11 is 8.58. The third kappa shape index (κ3) is 3.37. The summed E-state index contributed by atoms with van der Waals surface area (Å²) in [4.78, 5) is 19.4. The van der Waals surface area contributed by atoms with Gasteiger partial charge in [0, 0.05) is 0 Å². The first kappa shape index (κ1) is 24.5. The molecule has 0 N–H and O–H groups in total. The zero-order chi connectivity index (χ0) is 27.2. The Hall–Kier alpha value is -4.50. The van der Waals surface area contributed by atoms with E-state index in [9.17, 15) is 4.79 Å². The topological polar surface area (TPSA) is 39.3 Å². The number of hydrogen-bond donors (Lipinski definition) is 0. The van der Waals surface area contributed by atoms with Crippen LogP contribution < -0.4 is 26.9 Å². The number of halogens is 1. The molecular weight excluding hydrogens is 533 g/mol. The van der Waals surface area contributed by atoms with Crippen molar-refractivity contribution >= 4 is 55.1 Å². The Morgan fingerprint density at radius 1 is 0.575 bits per heavy atom. The van der Waals surface area contributed by atoms with Crippen molar-refractivity contribution in [3.8, 4) is 5.69 Å². The van der Waals surface area contributed by atoms with E-state index in [1.807, 2.05) is 115 Å². The summed E-state index contributed by atoms with van der Waals surface area (Å²) in [7, 11) is 0. The first-order valence-corrected chi connectivity index (χ1v) is 16.2. The fourth-order valence-corrected chi connectivity index (χ4v) is 11.9. The normalized spacial score (nSPS) is 12.8. The van der Waals surface area contributed by atoms with Gasteiger partial charge < -0.3 is 0 Å². The van der Waals surface area contributed by atoms with Crippen LogP contribution >= 0.6 is 17.2 Å². The molecule has 0 radical (unpaired) electrons. The minimum atomic E-state index is -4.02. The van der Waals surface area contributed by atoms with Gasteiger partial charge in [0.25, 0.3) is 0 Å². The predicted molar refractivity (Wildman–Crippen MR) is 169 cm³/mol. The van der Waals surface area contributed by atoms with Crippen LogP contribution in [0, 0.1) is 0 Å². The van der Waals surface area contributed by atoms with E-state index in [0.717, 1.165) is 37.9 Å². The number of fused-ring (bicyclic) bond motifs is 3. The molecule has 0 saturated carbocycles. The van der Waals surface area contributed by atoms with Gasteiger partial charge in [0.2, 0.25) is 0 Å². The van der Waals surface area contributed by atoms with Gasteiger partial charge in [-0.3, -0.25) is 0 Å². The average Bonchev–Trinajstić information content (AvgIpc) is 3.43. The first-order chi connectivity index (χ1) is 19.6. The number of aromatic nitrogens is 3. The van der Waals surface area contributed by atoms with Crippen molar-refractivity contribution in [2.75, 3.05) is 0 Å². The molecule has 0 spiro atoms. The van der Waals surface area contributed by atoms with Crippen molar-refractivity contribution in [3.63, 3.8) is 0 Å². The Morgan fingerprint density at radius 3 is 1.55 bits per heavy atom. The maximum atomic E-state index is 14.3. The average molecular weight is 558 g/mol. The van der Waals surface area contributed by atoms with E-state index in [-0.39, 0.29) is 5.69 Å². The van der Waals surface area contributed by atoms with Crippen LogP contribution in [0.1, 0.15) is 0 Å². The van der Waals surface area contributed by atoms with Gasteiger partial charge in [-0.15, -0.1) is 0 Å². The van der Waals surface area contributed by atoms with Crippen molar-refractivity contribution in [2.45, 2.75) is 0 Å². The molecule has 2 aromatic heterocycles. The van der Waals surface area contributed by atoms with Gasteiger partial charge in [0.15, 0.2) is 0 Å². The molecule has 5 aromatic carbocycles. The summed E-state index contributed by atoms with van der Waals surface area (Å²) in [6.45, 7) is 0. The van der Waals surface area contributed by atoms with Gasteiger partial charge in [-0.25, -0.2) is 0 Å². The molecule has 194 valence electrons. The molecule has 2 heterocycles. The number of imidazole rings is 1. The number of rotatable bonds is 5. The van der Waals surface area contributed by atoms with Crippen molar-refractivity contribution in [3.05, 3.63) is 162 Å². The van der Waals surface area contributed by atoms with Gasteiger partial charge in [-0.05, 0) is 0 Å². The van der Waals surface area contributed by atoms with Crippen LogP contribution in [0.2, 0.25) is 0 Å². The second-order valence-corrected chi connectivity index (χ2v) is 15.9. The van der Waals surface area contributed by atoms with Crippen molar-refractivity contribution in [2.24, 2.45) is 0 Å². The van der Waals surface area contributed by atoms with E-state index in [1.165, 1.54) is 0 Å². The van der Waals surface area contributed by atoms with Gasteiger partial charge in [0.05, 0.1) is 0 Å². The molecule has 7 rings (SSSR count). The SMILES string of the molecule is O=c1n(-c2ccccc2)cc(P(Cl)(c2ccccc2)(c2ccccc2)c2ccccc2)c2nc3ccccc3n12. The second-order valence-electron chi connectivity index (χ2n) is 9.78. The number of benzene rings is 5. The molecule has 0 saturated heterocycles. The molecule has 7 aromatic rings. The van der Waals surface area contributed by atoms with Crippen LogP contribution in [0.5, 0.6) is 0 Å². The molecular formula is C34H25ClN3OP. The Balaban J connectivity index is 1.79. The fourth-order valence-electron chi connectivity index (χ4n) is 5.79. The summed E-state index contributed by atoms with van der Waals surface area (Å²) in [6, 6.07) is 48.2. The molecule has 0 fully saturated rings. The quantitative estimate of drug-likeness (QED) is 0.245. The molecule has 0 aliphatic carbocycles. The van der Waals surface area contributed by atoms with E-state index in [0.29, 0.717) is 5.65 Å². The van der Waals surface area contributed by atoms with Crippen molar-refractivity contribution in [1.29, 1.82) is 0 Å². The summed E-state index contributed by atoms with van der Waals surface area (Å²) in [6.07, 6.45) is 1.93. The second kappa shape index (κ2) is 9.31. The third-order valence-electron chi connectivity index (χ3n) is 7.65. The molecule has 6 heteroatoms. The van der Waals surface area contributed by atoms with Crippen LogP contribution in [0.15, 0.2) is 157 Å². The van der Waals surface area contributed by atoms with Gasteiger partial charge >= 0.3 is 237 Å². The fraction of sp³-hybridized carbons (Fsp3) is 0. The molecule has 0 atom stereocenters. The Kier molecular flexibility index (Phi) is 5.71. The number of para-hydroxylation sites is 3. The summed E-state index contributed by atoms with van der Waals surface area (Å²) in [5.41, 5.74) is 2.59. The number of hydrogen-bond acceptors (Lipinski definition) is 2. The van der Waals surface area contributed by atoms with Crippen molar-refractivity contribution in [1.82, 2.24) is 14.0 Å². The Bertz CT molecular complexity index is 1940. The molecule has 0 unspecified atom stereocenters. The zero-order valence-corrected chi connectivity index (χ0v) is 23.2. The monoisotopic (exact) mass is 557 g/mol. The van der Waals surface area contributed by atoms with Crippen LogP contribution in [0.4, 0.5) is 0 Å². The van der Waals surface area contributed by atoms with E-state index >= 15 is 0 Å². The molecule has 4 nitrogen and oxygen atoms in total. The number of nitrogens with zero attached hydrogens (tertiary/aromatic N) is 3. The van der Waals surface area contributed by atoms with E-state index < -0.39 is 5.96 Å². The molecule has 40 heavy (non-hydrogen) atoms. The molecule has 0 aliphatic heterocycles. The standard InChI is InChI=1S/C34H25ClN3OP/c35-40(27-17-7-2-8-18-27,28-19-9-3-10-20-28,29-21-11-4-12-22-29)32-25-37(26-15-5-1-6-16-26)34(39)38-31-24-14-13-23-30(31)36-33(32)38/h1-25H. The first-order valence-electron chi connectivity index (χ1n) is 13.1. The van der Waals surface area contributed by atoms with Gasteiger partial charge in [-0.2, -0.15) is 0 Å². The van der Waals surface area contributed by atoms with E-state index in [1.54, 1.807) is 8.97 Å². The van der Waals surface area contributed by atoms with Gasteiger partial charge in [-0.1, -0.05) is 0 Å². The maximum absolute atomic E-state index is 14.3. The van der Waals surface area contributed by atoms with Crippen LogP contribution in [-0.2, 0) is 0 Å². The van der Waals surface area contributed by atoms with Crippen molar-refractivity contribution < 1.29 is 0 Å². The summed E-state index contributed by atoms with van der Waals surface area (Å²) in [5.74, 6) is -4.02. The van der Waals surface area contributed by atoms with Crippen LogP contribution in [0.25, 0.3) is 22.4 Å². The van der Waals surface area contributed by atoms with E-state index in [2.05, 4.69) is 36.4 Å². The predicted octanol–water partition coefficient (Wildman–Crippen LogP) is 5.95. The molecule has 0 amide bonds.